The maximum absolute atomic E-state index is 11.4. The monoisotopic (exact) mass is 185 g/mol. The van der Waals surface area contributed by atoms with E-state index in [1.54, 1.807) is 14.1 Å². The highest BCUT2D eigenvalue weighted by Crippen LogP contribution is 2.16. The van der Waals surface area contributed by atoms with Crippen LogP contribution in [0.2, 0.25) is 0 Å². The van der Waals surface area contributed by atoms with Crippen molar-refractivity contribution in [3.63, 3.8) is 0 Å². The van der Waals surface area contributed by atoms with Crippen molar-refractivity contribution in [3.8, 4) is 0 Å². The molecule has 2 fully saturated rings. The van der Waals surface area contributed by atoms with Crippen LogP contribution in [0.1, 0.15) is 0 Å². The first-order valence-corrected chi connectivity index (χ1v) is 3.93. The first-order valence-electron chi connectivity index (χ1n) is 3.93. The Labute approximate surface area is 75.0 Å². The van der Waals surface area contributed by atoms with Gasteiger partial charge in [0.15, 0.2) is 0 Å². The van der Waals surface area contributed by atoms with E-state index in [9.17, 15) is 9.59 Å². The number of hydrogen-bond donors (Lipinski definition) is 3. The molecule has 2 heterocycles. The van der Waals surface area contributed by atoms with Crippen molar-refractivity contribution < 1.29 is 9.59 Å². The summed E-state index contributed by atoms with van der Waals surface area (Å²) in [5, 5.41) is 2.64. The highest BCUT2D eigenvalue weighted by Gasteiger charge is 2.44. The molecule has 7 heteroatoms. The van der Waals surface area contributed by atoms with Gasteiger partial charge in [-0.2, -0.15) is 0 Å². The number of rotatable bonds is 0. The van der Waals surface area contributed by atoms with Gasteiger partial charge in [-0.05, 0) is 0 Å². The molecule has 72 valence electrons. The fourth-order valence-electron chi connectivity index (χ4n) is 1.57. The summed E-state index contributed by atoms with van der Waals surface area (Å²) in [5.74, 6) is 0. The van der Waals surface area contributed by atoms with Crippen LogP contribution in [0.3, 0.4) is 0 Å². The van der Waals surface area contributed by atoms with Gasteiger partial charge in [0.2, 0.25) is 0 Å². The third kappa shape index (κ3) is 1.00. The Morgan fingerprint density at radius 1 is 1.15 bits per heavy atom. The molecule has 2 rings (SSSR count). The summed E-state index contributed by atoms with van der Waals surface area (Å²) in [6.45, 7) is 0. The van der Waals surface area contributed by atoms with E-state index in [1.165, 1.54) is 9.80 Å². The molecule has 2 aliphatic heterocycles. The molecule has 0 saturated carbocycles. The van der Waals surface area contributed by atoms with Gasteiger partial charge in [-0.3, -0.25) is 5.43 Å². The average Bonchev–Trinajstić information content (AvgIpc) is 2.32. The first kappa shape index (κ1) is 8.11. The van der Waals surface area contributed by atoms with Crippen LogP contribution in [0.25, 0.3) is 0 Å². The number of nitrogens with one attached hydrogen (secondary N) is 3. The van der Waals surface area contributed by atoms with Crippen LogP contribution in [0.5, 0.6) is 0 Å². The van der Waals surface area contributed by atoms with Crippen molar-refractivity contribution in [2.45, 2.75) is 12.3 Å². The molecule has 0 aromatic carbocycles. The lowest BCUT2D eigenvalue weighted by atomic mass is 10.3. The molecular weight excluding hydrogens is 174 g/mol. The normalized spacial score (nSPS) is 32.8. The van der Waals surface area contributed by atoms with Gasteiger partial charge in [0, 0.05) is 14.1 Å². The molecular formula is C6H11N5O2. The molecule has 0 unspecified atom stereocenters. The minimum absolute atomic E-state index is 0.119. The molecule has 2 atom stereocenters. The van der Waals surface area contributed by atoms with Gasteiger partial charge in [-0.15, -0.1) is 0 Å². The number of carbonyl (C=O) groups excluding carboxylic acids is 2. The van der Waals surface area contributed by atoms with Gasteiger partial charge in [-0.1, -0.05) is 0 Å². The predicted molar refractivity (Wildman–Crippen MR) is 43.3 cm³/mol. The Balaban J connectivity index is 2.22. The van der Waals surface area contributed by atoms with Crippen LogP contribution in [-0.4, -0.2) is 48.3 Å². The van der Waals surface area contributed by atoms with Gasteiger partial charge >= 0.3 is 12.1 Å². The molecule has 13 heavy (non-hydrogen) atoms. The summed E-state index contributed by atoms with van der Waals surface area (Å²) in [7, 11) is 3.33. The lowest BCUT2D eigenvalue weighted by molar-refractivity contribution is 0.159. The smallest absolute Gasteiger partial charge is 0.313 e. The van der Waals surface area contributed by atoms with Gasteiger partial charge in [0.25, 0.3) is 0 Å². The third-order valence-corrected chi connectivity index (χ3v) is 2.35. The van der Waals surface area contributed by atoms with Crippen LogP contribution >= 0.6 is 0 Å². The third-order valence-electron chi connectivity index (χ3n) is 2.35. The number of amides is 4. The fourth-order valence-corrected chi connectivity index (χ4v) is 1.57. The second-order valence-electron chi connectivity index (χ2n) is 3.14. The van der Waals surface area contributed by atoms with Crippen molar-refractivity contribution in [3.05, 3.63) is 0 Å². The van der Waals surface area contributed by atoms with E-state index in [1.807, 2.05) is 0 Å². The van der Waals surface area contributed by atoms with Crippen LogP contribution < -0.4 is 16.2 Å². The minimum atomic E-state index is -0.323. The molecule has 0 aliphatic carbocycles. The van der Waals surface area contributed by atoms with Crippen LogP contribution in [-0.2, 0) is 0 Å². The van der Waals surface area contributed by atoms with Crippen molar-refractivity contribution in [2.75, 3.05) is 14.1 Å². The summed E-state index contributed by atoms with van der Waals surface area (Å²) in [5.41, 5.74) is 5.15. The Morgan fingerprint density at radius 3 is 2.46 bits per heavy atom. The maximum atomic E-state index is 11.4. The molecule has 2 saturated heterocycles. The molecule has 0 bridgehead atoms. The minimum Gasteiger partial charge on any atom is -0.313 e. The van der Waals surface area contributed by atoms with E-state index < -0.39 is 0 Å². The summed E-state index contributed by atoms with van der Waals surface area (Å²) >= 11 is 0. The molecule has 2 aliphatic rings. The molecule has 0 radical (unpaired) electrons. The molecule has 0 aromatic rings. The summed E-state index contributed by atoms with van der Waals surface area (Å²) in [6, 6.07) is -0.442. The second kappa shape index (κ2) is 2.49. The number of hydrazine groups is 1. The summed E-state index contributed by atoms with van der Waals surface area (Å²) in [4.78, 5) is 25.3. The lowest BCUT2D eigenvalue weighted by Crippen LogP contribution is -2.67. The second-order valence-corrected chi connectivity index (χ2v) is 3.14. The van der Waals surface area contributed by atoms with Crippen LogP contribution in [0, 0.1) is 0 Å². The zero-order valence-electron chi connectivity index (χ0n) is 7.37. The summed E-state index contributed by atoms with van der Waals surface area (Å²) < 4.78 is 0. The average molecular weight is 185 g/mol. The van der Waals surface area contributed by atoms with Crippen molar-refractivity contribution >= 4 is 12.1 Å². The van der Waals surface area contributed by atoms with Gasteiger partial charge in [-0.25, -0.2) is 15.0 Å². The molecule has 4 amide bonds. The fraction of sp³-hybridized carbons (Fsp3) is 0.667. The number of hydrogen-bond acceptors (Lipinski definition) is 3. The van der Waals surface area contributed by atoms with Crippen LogP contribution in [0.15, 0.2) is 0 Å². The van der Waals surface area contributed by atoms with E-state index >= 15 is 0 Å². The van der Waals surface area contributed by atoms with Gasteiger partial charge < -0.3 is 15.1 Å². The Hall–Kier alpha value is -1.50. The molecule has 3 N–H and O–H groups in total. The largest absolute Gasteiger partial charge is 0.330 e. The molecule has 0 spiro atoms. The van der Waals surface area contributed by atoms with Gasteiger partial charge in [0.05, 0.1) is 0 Å². The van der Waals surface area contributed by atoms with E-state index in [4.69, 9.17) is 0 Å². The Kier molecular flexibility index (Phi) is 1.56. The first-order chi connectivity index (χ1) is 6.11. The number of urea groups is 2. The van der Waals surface area contributed by atoms with Crippen molar-refractivity contribution in [2.24, 2.45) is 0 Å². The number of fused-ring (bicyclic) bond motifs is 1. The van der Waals surface area contributed by atoms with E-state index in [2.05, 4.69) is 16.2 Å². The maximum Gasteiger partial charge on any atom is 0.330 e. The quantitative estimate of drug-likeness (QED) is 0.428. The highest BCUT2D eigenvalue weighted by atomic mass is 16.2. The van der Waals surface area contributed by atoms with Gasteiger partial charge in [0.1, 0.15) is 12.3 Å². The number of carbonyl (C=O) groups is 2. The molecule has 7 nitrogen and oxygen atoms in total. The van der Waals surface area contributed by atoms with Crippen molar-refractivity contribution in [1.82, 2.24) is 26.0 Å². The van der Waals surface area contributed by atoms with E-state index in [0.29, 0.717) is 0 Å². The zero-order chi connectivity index (χ0) is 9.59. The zero-order valence-corrected chi connectivity index (χ0v) is 7.37. The molecule has 0 aromatic heterocycles. The standard InChI is InChI=1S/C6H11N5O2/c1-10-3-4(11(2)6(10)13)8-9-5(12)7-3/h3-4,8H,1-2H3,(H2,7,9,12)/t3-,4+/m0/s1. The summed E-state index contributed by atoms with van der Waals surface area (Å²) in [6.07, 6.45) is -0.513. The Bertz CT molecular complexity index is 268. The van der Waals surface area contributed by atoms with Crippen LogP contribution in [0.4, 0.5) is 9.59 Å². The Morgan fingerprint density at radius 2 is 1.77 bits per heavy atom. The van der Waals surface area contributed by atoms with Crippen molar-refractivity contribution in [1.29, 1.82) is 0 Å². The highest BCUT2D eigenvalue weighted by molar-refractivity contribution is 5.81. The topological polar surface area (TPSA) is 76.7 Å². The van der Waals surface area contributed by atoms with E-state index in [0.717, 1.165) is 0 Å². The number of likely N-dealkylation sites (N-methyl/N-ethyl adjacent to an activating group) is 2. The lowest BCUT2D eigenvalue weighted by Gasteiger charge is -2.31. The van der Waals surface area contributed by atoms with E-state index in [-0.39, 0.29) is 24.4 Å². The SMILES string of the molecule is CN1C(=O)N(C)[C@H]2NNC(=O)N[C@H]21. The number of nitrogens with zero attached hydrogens (tertiary/aromatic N) is 2. The predicted octanol–water partition coefficient (Wildman–Crippen LogP) is -1.55.